The average molecular weight is 564 g/mol. The Morgan fingerprint density at radius 1 is 0.949 bits per heavy atom. The minimum Gasteiger partial charge on any atom is -0.348 e. The van der Waals surface area contributed by atoms with Gasteiger partial charge in [0, 0.05) is 42.0 Å². The van der Waals surface area contributed by atoms with E-state index in [2.05, 4.69) is 15.5 Å². The summed E-state index contributed by atoms with van der Waals surface area (Å²) < 4.78 is 66.0. The Labute approximate surface area is 226 Å². The molecule has 1 atom stereocenters. The lowest BCUT2D eigenvalue weighted by Gasteiger charge is -2.40. The van der Waals surface area contributed by atoms with Crippen molar-refractivity contribution in [2.75, 3.05) is 29.9 Å². The van der Waals surface area contributed by atoms with Gasteiger partial charge in [0.05, 0.1) is 11.3 Å². The first-order valence-electron chi connectivity index (χ1n) is 11.8. The van der Waals surface area contributed by atoms with E-state index in [0.717, 1.165) is 28.5 Å². The zero-order valence-corrected chi connectivity index (χ0v) is 21.4. The summed E-state index contributed by atoms with van der Waals surface area (Å²) in [6.07, 6.45) is -4.68. The molecule has 0 spiro atoms. The lowest BCUT2D eigenvalue weighted by molar-refractivity contribution is -0.137. The molecule has 6 nitrogen and oxygen atoms in total. The molecule has 1 aliphatic heterocycles. The number of fused-ring (bicyclic) bond motifs is 1. The zero-order valence-electron chi connectivity index (χ0n) is 20.5. The molecule has 0 unspecified atom stereocenters. The summed E-state index contributed by atoms with van der Waals surface area (Å²) in [5.41, 5.74) is -0.111. The van der Waals surface area contributed by atoms with E-state index in [-0.39, 0.29) is 43.0 Å². The highest BCUT2D eigenvalue weighted by molar-refractivity contribution is 6.00. The fourth-order valence-electron chi connectivity index (χ4n) is 4.57. The average Bonchev–Trinajstić information content (AvgIpc) is 2.89. The minimum absolute atomic E-state index is 0. The van der Waals surface area contributed by atoms with Crippen molar-refractivity contribution in [2.45, 2.75) is 19.1 Å². The number of anilines is 2. The molecule has 4 aromatic rings. The van der Waals surface area contributed by atoms with Gasteiger partial charge in [-0.25, -0.2) is 13.6 Å². The molecule has 2 heterocycles. The Morgan fingerprint density at radius 3 is 2.28 bits per heavy atom. The third-order valence-corrected chi connectivity index (χ3v) is 6.51. The van der Waals surface area contributed by atoms with Crippen molar-refractivity contribution in [2.24, 2.45) is 0 Å². The van der Waals surface area contributed by atoms with Crippen LogP contribution in [0, 0.1) is 11.6 Å². The zero-order chi connectivity index (χ0) is 27.0. The summed E-state index contributed by atoms with van der Waals surface area (Å²) >= 11 is 0. The molecular weight excluding hydrogens is 541 g/mol. The minimum atomic E-state index is -4.68. The van der Waals surface area contributed by atoms with Crippen molar-refractivity contribution in [3.05, 3.63) is 83.9 Å². The SMILES string of the molecule is C[C@H]1CN(C(=O)Nc2ccc(C(F)(F)F)cc2F)CCN1c1nnc(-c2ccc(F)cc2)c2ccccc12.Cl. The summed E-state index contributed by atoms with van der Waals surface area (Å²) in [7, 11) is 0. The normalized spacial score (nSPS) is 15.7. The second-order valence-electron chi connectivity index (χ2n) is 9.04. The molecule has 0 saturated carbocycles. The highest BCUT2D eigenvalue weighted by Gasteiger charge is 2.32. The van der Waals surface area contributed by atoms with E-state index in [0.29, 0.717) is 24.1 Å². The molecule has 204 valence electrons. The van der Waals surface area contributed by atoms with Crippen LogP contribution in [0.4, 0.5) is 38.3 Å². The van der Waals surface area contributed by atoms with Crippen LogP contribution in [0.1, 0.15) is 12.5 Å². The standard InChI is InChI=1S/C27H22F5N5O.ClH/c1-16-15-36(26(38)33-23-11-8-18(14-22(23)29)27(30,31)32)12-13-37(16)25-21-5-3-2-4-20(21)24(34-35-25)17-6-9-19(28)10-7-17;/h2-11,14,16H,12-13,15H2,1H3,(H,33,38);1H/t16-;/m0./s1. The number of hydrogen-bond acceptors (Lipinski definition) is 4. The van der Waals surface area contributed by atoms with Gasteiger partial charge in [0.15, 0.2) is 5.82 Å². The number of rotatable bonds is 3. The van der Waals surface area contributed by atoms with E-state index in [9.17, 15) is 26.7 Å². The maximum Gasteiger partial charge on any atom is 0.416 e. The number of carbonyl (C=O) groups is 1. The molecule has 1 N–H and O–H groups in total. The van der Waals surface area contributed by atoms with Gasteiger partial charge < -0.3 is 15.1 Å². The molecule has 0 bridgehead atoms. The van der Waals surface area contributed by atoms with Crippen LogP contribution in [-0.2, 0) is 6.18 Å². The van der Waals surface area contributed by atoms with Crippen LogP contribution in [0.2, 0.25) is 0 Å². The monoisotopic (exact) mass is 563 g/mol. The van der Waals surface area contributed by atoms with Crippen molar-refractivity contribution in [3.8, 4) is 11.3 Å². The van der Waals surface area contributed by atoms with Crippen molar-refractivity contribution in [1.29, 1.82) is 0 Å². The molecule has 2 amide bonds. The van der Waals surface area contributed by atoms with Crippen molar-refractivity contribution in [3.63, 3.8) is 0 Å². The summed E-state index contributed by atoms with van der Waals surface area (Å²) in [5.74, 6) is -0.880. The number of hydrogen-bond donors (Lipinski definition) is 1. The van der Waals surface area contributed by atoms with Crippen LogP contribution in [0.5, 0.6) is 0 Å². The van der Waals surface area contributed by atoms with E-state index in [1.807, 2.05) is 36.1 Å². The maximum absolute atomic E-state index is 14.2. The van der Waals surface area contributed by atoms with Crippen LogP contribution in [0.25, 0.3) is 22.0 Å². The van der Waals surface area contributed by atoms with Gasteiger partial charge in [0.1, 0.15) is 17.3 Å². The largest absolute Gasteiger partial charge is 0.416 e. The first kappa shape index (κ1) is 28.0. The van der Waals surface area contributed by atoms with Gasteiger partial charge >= 0.3 is 12.2 Å². The van der Waals surface area contributed by atoms with Gasteiger partial charge in [0.25, 0.3) is 0 Å². The molecule has 1 aliphatic rings. The lowest BCUT2D eigenvalue weighted by atomic mass is 10.0. The fourth-order valence-corrected chi connectivity index (χ4v) is 4.57. The first-order valence-corrected chi connectivity index (χ1v) is 11.8. The van der Waals surface area contributed by atoms with Gasteiger partial charge in [-0.05, 0) is 49.4 Å². The molecule has 1 aromatic heterocycles. The second kappa shape index (κ2) is 11.0. The number of carbonyl (C=O) groups excluding carboxylic acids is 1. The van der Waals surface area contributed by atoms with E-state index < -0.39 is 23.6 Å². The number of urea groups is 1. The third-order valence-electron chi connectivity index (χ3n) is 6.51. The van der Waals surface area contributed by atoms with E-state index in [4.69, 9.17) is 0 Å². The Balaban J connectivity index is 0.00000353. The number of piperazine rings is 1. The number of halogens is 6. The van der Waals surface area contributed by atoms with Crippen LogP contribution in [0.15, 0.2) is 66.7 Å². The number of nitrogens with zero attached hydrogens (tertiary/aromatic N) is 4. The molecular formula is C27H23ClF5N5O. The second-order valence-corrected chi connectivity index (χ2v) is 9.04. The van der Waals surface area contributed by atoms with Crippen LogP contribution >= 0.6 is 12.4 Å². The molecule has 1 saturated heterocycles. The fraction of sp³-hybridized carbons (Fsp3) is 0.222. The van der Waals surface area contributed by atoms with Gasteiger partial charge in [-0.2, -0.15) is 13.2 Å². The molecule has 5 rings (SSSR count). The number of benzene rings is 3. The summed E-state index contributed by atoms with van der Waals surface area (Å²) in [6.45, 7) is 2.85. The summed E-state index contributed by atoms with van der Waals surface area (Å²) in [4.78, 5) is 16.3. The molecule has 1 fully saturated rings. The maximum atomic E-state index is 14.2. The molecule has 0 radical (unpaired) electrons. The predicted molar refractivity (Wildman–Crippen MR) is 141 cm³/mol. The third kappa shape index (κ3) is 5.73. The highest BCUT2D eigenvalue weighted by Crippen LogP contribution is 2.34. The number of amides is 2. The number of aromatic nitrogens is 2. The topological polar surface area (TPSA) is 61.4 Å². The smallest absolute Gasteiger partial charge is 0.348 e. The van der Waals surface area contributed by atoms with Crippen molar-refractivity contribution >= 4 is 40.7 Å². The Hall–Kier alpha value is -3.99. The van der Waals surface area contributed by atoms with Gasteiger partial charge in [-0.15, -0.1) is 22.6 Å². The van der Waals surface area contributed by atoms with Crippen LogP contribution in [-0.4, -0.2) is 46.8 Å². The Kier molecular flexibility index (Phi) is 7.91. The number of alkyl halides is 3. The van der Waals surface area contributed by atoms with Gasteiger partial charge in [0.2, 0.25) is 0 Å². The number of nitrogens with one attached hydrogen (secondary N) is 1. The Morgan fingerprint density at radius 2 is 1.64 bits per heavy atom. The summed E-state index contributed by atoms with van der Waals surface area (Å²) in [5, 5.41) is 13.0. The lowest BCUT2D eigenvalue weighted by Crippen LogP contribution is -2.55. The summed E-state index contributed by atoms with van der Waals surface area (Å²) in [6, 6.07) is 14.8. The predicted octanol–water partition coefficient (Wildman–Crippen LogP) is 6.76. The molecule has 39 heavy (non-hydrogen) atoms. The van der Waals surface area contributed by atoms with E-state index in [1.165, 1.54) is 17.0 Å². The molecule has 12 heteroatoms. The van der Waals surface area contributed by atoms with Crippen LogP contribution < -0.4 is 10.2 Å². The Bertz CT molecular complexity index is 1500. The van der Waals surface area contributed by atoms with Crippen molar-refractivity contribution < 1.29 is 26.7 Å². The van der Waals surface area contributed by atoms with Crippen LogP contribution in [0.3, 0.4) is 0 Å². The quantitative estimate of drug-likeness (QED) is 0.280. The van der Waals surface area contributed by atoms with Gasteiger partial charge in [-0.1, -0.05) is 24.3 Å². The van der Waals surface area contributed by atoms with Crippen molar-refractivity contribution in [1.82, 2.24) is 15.1 Å². The molecule has 0 aliphatic carbocycles. The first-order chi connectivity index (χ1) is 18.1. The van der Waals surface area contributed by atoms with E-state index in [1.54, 1.807) is 12.1 Å². The van der Waals surface area contributed by atoms with E-state index >= 15 is 0 Å². The molecule has 3 aromatic carbocycles. The highest BCUT2D eigenvalue weighted by atomic mass is 35.5. The van der Waals surface area contributed by atoms with Gasteiger partial charge in [-0.3, -0.25) is 0 Å².